The van der Waals surface area contributed by atoms with E-state index >= 15 is 0 Å². The minimum atomic E-state index is 0.588. The normalized spacial score (nSPS) is 10.4. The third-order valence-electron chi connectivity index (χ3n) is 2.69. The molecule has 0 aromatic carbocycles. The summed E-state index contributed by atoms with van der Waals surface area (Å²) in [6, 6.07) is 5.74. The van der Waals surface area contributed by atoms with Crippen LogP contribution in [0.1, 0.15) is 31.2 Å². The van der Waals surface area contributed by atoms with Gasteiger partial charge in [-0.3, -0.25) is 0 Å². The Morgan fingerprint density at radius 2 is 2.16 bits per heavy atom. The number of hydrogen-bond donors (Lipinski definition) is 2. The van der Waals surface area contributed by atoms with E-state index in [2.05, 4.69) is 27.5 Å². The molecule has 0 atom stereocenters. The van der Waals surface area contributed by atoms with Gasteiger partial charge >= 0.3 is 0 Å². The maximum Gasteiger partial charge on any atom is 0.225 e. The summed E-state index contributed by atoms with van der Waals surface area (Å²) in [4.78, 5) is 8.79. The molecule has 2 heterocycles. The molecular weight excluding hydrogens is 240 g/mol. The average molecular weight is 260 g/mol. The fraction of sp³-hybridized carbons (Fsp3) is 0.429. The predicted octanol–water partition coefficient (Wildman–Crippen LogP) is 3.20. The molecule has 0 saturated carbocycles. The van der Waals surface area contributed by atoms with Crippen LogP contribution in [0.5, 0.6) is 0 Å². The molecule has 5 heteroatoms. The van der Waals surface area contributed by atoms with Crippen LogP contribution >= 0.6 is 0 Å². The summed E-state index contributed by atoms with van der Waals surface area (Å²) in [5.74, 6) is 2.35. The van der Waals surface area contributed by atoms with E-state index in [0.29, 0.717) is 12.5 Å². The molecule has 0 spiro atoms. The Labute approximate surface area is 113 Å². The highest BCUT2D eigenvalue weighted by Crippen LogP contribution is 2.11. The summed E-state index contributed by atoms with van der Waals surface area (Å²) < 4.78 is 5.26. The van der Waals surface area contributed by atoms with Crippen LogP contribution in [0.2, 0.25) is 0 Å². The topological polar surface area (TPSA) is 63.0 Å². The molecule has 2 rings (SSSR count). The lowest BCUT2D eigenvalue weighted by Gasteiger charge is -2.08. The van der Waals surface area contributed by atoms with Crippen molar-refractivity contribution in [1.29, 1.82) is 0 Å². The summed E-state index contributed by atoms with van der Waals surface area (Å²) in [7, 11) is 0. The van der Waals surface area contributed by atoms with E-state index in [4.69, 9.17) is 4.42 Å². The van der Waals surface area contributed by atoms with Crippen molar-refractivity contribution in [3.05, 3.63) is 35.9 Å². The maximum atomic E-state index is 5.26. The first-order valence-corrected chi connectivity index (χ1v) is 6.63. The standard InChI is InChI=1S/C14H20N4O/c1-3-4-7-15-13-9-11(2)17-14(18-13)16-10-12-6-5-8-19-12/h5-6,8-9H,3-4,7,10H2,1-2H3,(H2,15,16,17,18). The van der Waals surface area contributed by atoms with Gasteiger partial charge in [-0.1, -0.05) is 13.3 Å². The monoisotopic (exact) mass is 260 g/mol. The maximum absolute atomic E-state index is 5.26. The number of nitrogens with one attached hydrogen (secondary N) is 2. The van der Waals surface area contributed by atoms with E-state index < -0.39 is 0 Å². The van der Waals surface area contributed by atoms with Crippen molar-refractivity contribution in [2.45, 2.75) is 33.2 Å². The smallest absolute Gasteiger partial charge is 0.225 e. The van der Waals surface area contributed by atoms with Gasteiger partial charge in [-0.15, -0.1) is 0 Å². The second-order valence-corrected chi connectivity index (χ2v) is 4.43. The Hall–Kier alpha value is -2.04. The molecule has 0 radical (unpaired) electrons. The van der Waals surface area contributed by atoms with E-state index in [0.717, 1.165) is 30.2 Å². The second kappa shape index (κ2) is 6.78. The van der Waals surface area contributed by atoms with Crippen LogP contribution in [-0.4, -0.2) is 16.5 Å². The van der Waals surface area contributed by atoms with E-state index in [1.807, 2.05) is 25.1 Å². The minimum absolute atomic E-state index is 0.588. The first-order chi connectivity index (χ1) is 9.28. The van der Waals surface area contributed by atoms with Crippen molar-refractivity contribution in [1.82, 2.24) is 9.97 Å². The van der Waals surface area contributed by atoms with Crippen LogP contribution < -0.4 is 10.6 Å². The number of furan rings is 1. The van der Waals surface area contributed by atoms with Crippen LogP contribution in [0.3, 0.4) is 0 Å². The van der Waals surface area contributed by atoms with E-state index in [1.165, 1.54) is 6.42 Å². The summed E-state index contributed by atoms with van der Waals surface area (Å²) >= 11 is 0. The summed E-state index contributed by atoms with van der Waals surface area (Å²) in [5.41, 5.74) is 0.941. The molecule has 0 fully saturated rings. The Morgan fingerprint density at radius 3 is 2.89 bits per heavy atom. The highest BCUT2D eigenvalue weighted by molar-refractivity contribution is 5.42. The number of hydrogen-bond acceptors (Lipinski definition) is 5. The quantitative estimate of drug-likeness (QED) is 0.748. The molecule has 2 N–H and O–H groups in total. The largest absolute Gasteiger partial charge is 0.467 e. The molecule has 0 bridgehead atoms. The van der Waals surface area contributed by atoms with Gasteiger partial charge in [0.25, 0.3) is 0 Å². The van der Waals surface area contributed by atoms with E-state index in [-0.39, 0.29) is 0 Å². The molecule has 5 nitrogen and oxygen atoms in total. The summed E-state index contributed by atoms with van der Waals surface area (Å²) in [6.45, 7) is 5.66. The van der Waals surface area contributed by atoms with Gasteiger partial charge in [-0.05, 0) is 25.5 Å². The van der Waals surface area contributed by atoms with Gasteiger partial charge in [0.1, 0.15) is 11.6 Å². The molecule has 0 unspecified atom stereocenters. The Kier molecular flexibility index (Phi) is 4.78. The molecular formula is C14H20N4O. The average Bonchev–Trinajstić information content (AvgIpc) is 2.89. The molecule has 0 aliphatic rings. The molecule has 0 saturated heterocycles. The van der Waals surface area contributed by atoms with Crippen molar-refractivity contribution < 1.29 is 4.42 Å². The molecule has 0 amide bonds. The summed E-state index contributed by atoms with van der Waals surface area (Å²) in [6.07, 6.45) is 3.96. The lowest BCUT2D eigenvalue weighted by atomic mass is 10.3. The number of aromatic nitrogens is 2. The molecule has 102 valence electrons. The van der Waals surface area contributed by atoms with Crippen molar-refractivity contribution in [3.8, 4) is 0 Å². The molecule has 0 aliphatic carbocycles. The van der Waals surface area contributed by atoms with Gasteiger partial charge in [-0.25, -0.2) is 4.98 Å². The minimum Gasteiger partial charge on any atom is -0.467 e. The SMILES string of the molecule is CCCCNc1cc(C)nc(NCc2ccco2)n1. The van der Waals surface area contributed by atoms with Crippen molar-refractivity contribution in [3.63, 3.8) is 0 Å². The number of rotatable bonds is 7. The second-order valence-electron chi connectivity index (χ2n) is 4.43. The lowest BCUT2D eigenvalue weighted by Crippen LogP contribution is -2.08. The van der Waals surface area contributed by atoms with Crippen LogP contribution in [-0.2, 0) is 6.54 Å². The predicted molar refractivity (Wildman–Crippen MR) is 76.2 cm³/mol. The van der Waals surface area contributed by atoms with Crippen molar-refractivity contribution in [2.75, 3.05) is 17.2 Å². The zero-order valence-corrected chi connectivity index (χ0v) is 11.4. The Balaban J connectivity index is 1.95. The molecule has 2 aromatic rings. The first-order valence-electron chi connectivity index (χ1n) is 6.63. The molecule has 2 aromatic heterocycles. The molecule has 0 aliphatic heterocycles. The van der Waals surface area contributed by atoms with Crippen LogP contribution in [0.15, 0.2) is 28.9 Å². The Bertz CT molecular complexity index is 496. The van der Waals surface area contributed by atoms with Gasteiger partial charge in [0, 0.05) is 18.3 Å². The number of anilines is 2. The zero-order valence-electron chi connectivity index (χ0n) is 11.4. The summed E-state index contributed by atoms with van der Waals surface area (Å²) in [5, 5.41) is 6.47. The fourth-order valence-corrected chi connectivity index (χ4v) is 1.71. The molecule has 19 heavy (non-hydrogen) atoms. The van der Waals surface area contributed by atoms with E-state index in [9.17, 15) is 0 Å². The highest BCUT2D eigenvalue weighted by atomic mass is 16.3. The van der Waals surface area contributed by atoms with Gasteiger partial charge in [-0.2, -0.15) is 4.98 Å². The van der Waals surface area contributed by atoms with Gasteiger partial charge in [0.15, 0.2) is 0 Å². The fourth-order valence-electron chi connectivity index (χ4n) is 1.71. The third-order valence-corrected chi connectivity index (χ3v) is 2.69. The number of aryl methyl sites for hydroxylation is 1. The number of unbranched alkanes of at least 4 members (excludes halogenated alkanes) is 1. The zero-order chi connectivity index (χ0) is 13.5. The van der Waals surface area contributed by atoms with Crippen molar-refractivity contribution >= 4 is 11.8 Å². The third kappa shape index (κ3) is 4.28. The Morgan fingerprint density at radius 1 is 1.26 bits per heavy atom. The van der Waals surface area contributed by atoms with Gasteiger partial charge in [0.2, 0.25) is 5.95 Å². The first kappa shape index (κ1) is 13.4. The van der Waals surface area contributed by atoms with Gasteiger partial charge < -0.3 is 15.1 Å². The van der Waals surface area contributed by atoms with Crippen LogP contribution in [0.4, 0.5) is 11.8 Å². The van der Waals surface area contributed by atoms with Crippen molar-refractivity contribution in [2.24, 2.45) is 0 Å². The van der Waals surface area contributed by atoms with E-state index in [1.54, 1.807) is 6.26 Å². The highest BCUT2D eigenvalue weighted by Gasteiger charge is 2.02. The van der Waals surface area contributed by atoms with Gasteiger partial charge in [0.05, 0.1) is 12.8 Å². The number of nitrogens with zero attached hydrogens (tertiary/aromatic N) is 2. The lowest BCUT2D eigenvalue weighted by molar-refractivity contribution is 0.517. The van der Waals surface area contributed by atoms with Crippen LogP contribution in [0, 0.1) is 6.92 Å². The van der Waals surface area contributed by atoms with Crippen LogP contribution in [0.25, 0.3) is 0 Å².